The van der Waals surface area contributed by atoms with Gasteiger partial charge in [0, 0.05) is 25.4 Å². The first-order valence-corrected chi connectivity index (χ1v) is 10.6. The van der Waals surface area contributed by atoms with Gasteiger partial charge in [0.15, 0.2) is 21.3 Å². The lowest BCUT2D eigenvalue weighted by molar-refractivity contribution is 0.203. The number of aromatic hydroxyl groups is 1. The number of sulfone groups is 1. The van der Waals surface area contributed by atoms with Gasteiger partial charge in [-0.2, -0.15) is 0 Å². The molecule has 3 rings (SSSR count). The Morgan fingerprint density at radius 2 is 1.88 bits per heavy atom. The first-order valence-electron chi connectivity index (χ1n) is 8.69. The van der Waals surface area contributed by atoms with Crippen molar-refractivity contribution in [2.24, 2.45) is 0 Å². The molecule has 0 aromatic heterocycles. The van der Waals surface area contributed by atoms with Crippen LogP contribution in [-0.4, -0.2) is 37.8 Å². The summed E-state index contributed by atoms with van der Waals surface area (Å²) < 4.78 is 28.6. The van der Waals surface area contributed by atoms with Crippen LogP contribution < -0.4 is 4.74 Å². The maximum Gasteiger partial charge on any atom is 0.175 e. The molecule has 0 saturated carbocycles. The van der Waals surface area contributed by atoms with E-state index in [-0.39, 0.29) is 5.75 Å². The second-order valence-electron chi connectivity index (χ2n) is 7.00. The second kappa shape index (κ2) is 7.29. The SMILES string of the molecule is COc1cc(CCC(C)N2Cc3ccc(S(C)(=O)=O)cc3C2)ccc1O. The molecule has 26 heavy (non-hydrogen) atoms. The Balaban J connectivity index is 1.63. The second-order valence-corrected chi connectivity index (χ2v) is 9.02. The zero-order valence-corrected chi connectivity index (χ0v) is 16.2. The van der Waals surface area contributed by atoms with Gasteiger partial charge in [-0.3, -0.25) is 4.90 Å². The predicted octanol–water partition coefficient (Wildman–Crippen LogP) is 3.14. The number of rotatable bonds is 6. The summed E-state index contributed by atoms with van der Waals surface area (Å²) in [5.74, 6) is 0.651. The van der Waals surface area contributed by atoms with Gasteiger partial charge in [-0.15, -0.1) is 0 Å². The number of aryl methyl sites for hydroxylation is 1. The molecule has 1 aliphatic rings. The third-order valence-electron chi connectivity index (χ3n) is 5.07. The maximum atomic E-state index is 11.7. The molecule has 2 aromatic rings. The van der Waals surface area contributed by atoms with Crippen molar-refractivity contribution in [1.29, 1.82) is 0 Å². The lowest BCUT2D eigenvalue weighted by Gasteiger charge is -2.23. The standard InChI is InChI=1S/C20H25NO4S/c1-14(4-5-15-6-9-19(22)20(10-15)25-2)21-12-16-7-8-18(26(3,23)24)11-17(16)13-21/h6-11,14,22H,4-5,12-13H2,1-3H3. The van der Waals surface area contributed by atoms with Crippen LogP contribution in [0.1, 0.15) is 30.0 Å². The van der Waals surface area contributed by atoms with Crippen molar-refractivity contribution in [3.63, 3.8) is 0 Å². The molecule has 0 saturated heterocycles. The van der Waals surface area contributed by atoms with E-state index < -0.39 is 9.84 Å². The highest BCUT2D eigenvalue weighted by Gasteiger charge is 2.24. The molecule has 0 radical (unpaired) electrons. The van der Waals surface area contributed by atoms with E-state index in [0.717, 1.165) is 37.1 Å². The fourth-order valence-electron chi connectivity index (χ4n) is 3.38. The Morgan fingerprint density at radius 1 is 1.15 bits per heavy atom. The van der Waals surface area contributed by atoms with Crippen LogP contribution in [0.15, 0.2) is 41.3 Å². The number of methoxy groups -OCH3 is 1. The van der Waals surface area contributed by atoms with Crippen LogP contribution in [0.2, 0.25) is 0 Å². The summed E-state index contributed by atoms with van der Waals surface area (Å²) in [5, 5.41) is 9.69. The van der Waals surface area contributed by atoms with E-state index in [1.54, 1.807) is 19.2 Å². The van der Waals surface area contributed by atoms with Gasteiger partial charge in [-0.05, 0) is 60.7 Å². The zero-order valence-electron chi connectivity index (χ0n) is 15.4. The summed E-state index contributed by atoms with van der Waals surface area (Å²) in [5.41, 5.74) is 3.43. The van der Waals surface area contributed by atoms with Gasteiger partial charge >= 0.3 is 0 Å². The smallest absolute Gasteiger partial charge is 0.175 e. The molecular formula is C20H25NO4S. The van der Waals surface area contributed by atoms with Gasteiger partial charge in [0.25, 0.3) is 0 Å². The lowest BCUT2D eigenvalue weighted by Crippen LogP contribution is -2.28. The number of hydrogen-bond donors (Lipinski definition) is 1. The average Bonchev–Trinajstić information content (AvgIpc) is 3.03. The van der Waals surface area contributed by atoms with Gasteiger partial charge in [0.2, 0.25) is 0 Å². The summed E-state index contributed by atoms with van der Waals surface area (Å²) in [4.78, 5) is 2.76. The maximum absolute atomic E-state index is 11.7. The highest BCUT2D eigenvalue weighted by atomic mass is 32.2. The third kappa shape index (κ3) is 4.02. The Morgan fingerprint density at radius 3 is 2.58 bits per heavy atom. The van der Waals surface area contributed by atoms with Gasteiger partial charge in [-0.1, -0.05) is 12.1 Å². The van der Waals surface area contributed by atoms with Gasteiger partial charge in [-0.25, -0.2) is 8.42 Å². The first kappa shape index (κ1) is 18.7. The van der Waals surface area contributed by atoms with E-state index in [1.807, 2.05) is 24.3 Å². The van der Waals surface area contributed by atoms with E-state index in [9.17, 15) is 13.5 Å². The van der Waals surface area contributed by atoms with Crippen molar-refractivity contribution >= 4 is 9.84 Å². The molecule has 2 aromatic carbocycles. The summed E-state index contributed by atoms with van der Waals surface area (Å²) in [6.45, 7) is 3.82. The fourth-order valence-corrected chi connectivity index (χ4v) is 4.05. The molecular weight excluding hydrogens is 350 g/mol. The topological polar surface area (TPSA) is 66.8 Å². The fraction of sp³-hybridized carbons (Fsp3) is 0.400. The third-order valence-corrected chi connectivity index (χ3v) is 6.18. The zero-order chi connectivity index (χ0) is 18.9. The predicted molar refractivity (Wildman–Crippen MR) is 101 cm³/mol. The van der Waals surface area contributed by atoms with Crippen molar-refractivity contribution in [3.05, 3.63) is 53.1 Å². The molecule has 0 fully saturated rings. The van der Waals surface area contributed by atoms with E-state index in [4.69, 9.17) is 4.74 Å². The van der Waals surface area contributed by atoms with Gasteiger partial charge in [0.05, 0.1) is 12.0 Å². The van der Waals surface area contributed by atoms with Crippen molar-refractivity contribution in [2.45, 2.75) is 43.8 Å². The molecule has 1 aliphatic heterocycles. The van der Waals surface area contributed by atoms with Gasteiger partial charge < -0.3 is 9.84 Å². The number of fused-ring (bicyclic) bond motifs is 1. The Labute approximate surface area is 155 Å². The number of phenols is 1. The minimum absolute atomic E-state index is 0.154. The van der Waals surface area contributed by atoms with E-state index in [1.165, 1.54) is 11.8 Å². The van der Waals surface area contributed by atoms with Crippen LogP contribution in [0.3, 0.4) is 0 Å². The Kier molecular flexibility index (Phi) is 5.25. The van der Waals surface area contributed by atoms with E-state index >= 15 is 0 Å². The van der Waals surface area contributed by atoms with E-state index in [0.29, 0.717) is 16.7 Å². The number of phenolic OH excluding ortho intramolecular Hbond substituents is 1. The molecule has 0 aliphatic carbocycles. The van der Waals surface area contributed by atoms with Crippen molar-refractivity contribution in [2.75, 3.05) is 13.4 Å². The molecule has 0 amide bonds. The number of benzene rings is 2. The number of hydrogen-bond acceptors (Lipinski definition) is 5. The van der Waals surface area contributed by atoms with Crippen LogP contribution in [0.4, 0.5) is 0 Å². The first-order chi connectivity index (χ1) is 12.3. The highest BCUT2D eigenvalue weighted by Crippen LogP contribution is 2.30. The van der Waals surface area contributed by atoms with Gasteiger partial charge in [0.1, 0.15) is 0 Å². The molecule has 1 atom stereocenters. The molecule has 6 heteroatoms. The monoisotopic (exact) mass is 375 g/mol. The van der Waals surface area contributed by atoms with Crippen LogP contribution >= 0.6 is 0 Å². The molecule has 0 spiro atoms. The number of ether oxygens (including phenoxy) is 1. The molecule has 140 valence electrons. The lowest BCUT2D eigenvalue weighted by atomic mass is 10.0. The van der Waals surface area contributed by atoms with E-state index in [2.05, 4.69) is 11.8 Å². The Bertz CT molecular complexity index is 908. The summed E-state index contributed by atoms with van der Waals surface area (Å²) in [6, 6.07) is 11.3. The van der Waals surface area contributed by atoms with Crippen molar-refractivity contribution in [1.82, 2.24) is 4.90 Å². The van der Waals surface area contributed by atoms with Crippen molar-refractivity contribution in [3.8, 4) is 11.5 Å². The Hall–Kier alpha value is -2.05. The molecule has 5 nitrogen and oxygen atoms in total. The molecule has 1 unspecified atom stereocenters. The van der Waals surface area contributed by atoms with Crippen LogP contribution in [0.25, 0.3) is 0 Å². The minimum atomic E-state index is -3.17. The molecule has 0 bridgehead atoms. The normalized spacial score (nSPS) is 15.7. The summed E-state index contributed by atoms with van der Waals surface area (Å²) in [7, 11) is -1.62. The average molecular weight is 375 g/mol. The summed E-state index contributed by atoms with van der Waals surface area (Å²) in [6.07, 6.45) is 3.11. The van der Waals surface area contributed by atoms with Crippen molar-refractivity contribution < 1.29 is 18.3 Å². The highest BCUT2D eigenvalue weighted by molar-refractivity contribution is 7.90. The van der Waals surface area contributed by atoms with Crippen LogP contribution in [-0.2, 0) is 29.3 Å². The summed E-state index contributed by atoms with van der Waals surface area (Å²) >= 11 is 0. The van der Waals surface area contributed by atoms with Crippen LogP contribution in [0.5, 0.6) is 11.5 Å². The molecule has 1 N–H and O–H groups in total. The quantitative estimate of drug-likeness (QED) is 0.840. The largest absolute Gasteiger partial charge is 0.504 e. The number of nitrogens with zero attached hydrogens (tertiary/aromatic N) is 1. The van der Waals surface area contributed by atoms with Crippen LogP contribution in [0, 0.1) is 0 Å². The minimum Gasteiger partial charge on any atom is -0.504 e. The molecule has 1 heterocycles.